The van der Waals surface area contributed by atoms with Gasteiger partial charge in [-0.05, 0) is 5.92 Å². The zero-order valence-electron chi connectivity index (χ0n) is 14.6. The van der Waals surface area contributed by atoms with E-state index in [0.717, 1.165) is 12.3 Å². The summed E-state index contributed by atoms with van der Waals surface area (Å²) in [6, 6.07) is 0. The normalized spacial score (nSPS) is 12.8. The minimum Gasteiger partial charge on any atom is -0.0654 e. The smallest absolute Gasteiger partial charge is 0.0414 e. The van der Waals surface area contributed by atoms with Gasteiger partial charge in [-0.15, -0.1) is 0 Å². The summed E-state index contributed by atoms with van der Waals surface area (Å²) in [6.45, 7) is 8.57. The summed E-state index contributed by atoms with van der Waals surface area (Å²) in [5.74, 6) is 1.03. The van der Waals surface area contributed by atoms with Crippen LogP contribution in [0.3, 0.4) is 0 Å². The van der Waals surface area contributed by atoms with Gasteiger partial charge in [0.1, 0.15) is 0 Å². The van der Waals surface area contributed by atoms with Gasteiger partial charge in [0, 0.05) is 0 Å². The van der Waals surface area contributed by atoms with Crippen molar-refractivity contribution in [3.05, 3.63) is 6.92 Å². The Hall–Kier alpha value is 0. The van der Waals surface area contributed by atoms with E-state index in [1.54, 1.807) is 0 Å². The van der Waals surface area contributed by atoms with Crippen LogP contribution >= 0.6 is 0 Å². The molecule has 0 nitrogen and oxygen atoms in total. The van der Waals surface area contributed by atoms with Crippen molar-refractivity contribution in [2.24, 2.45) is 5.92 Å². The van der Waals surface area contributed by atoms with Crippen LogP contribution in [0.1, 0.15) is 117 Å². The highest BCUT2D eigenvalue weighted by Crippen LogP contribution is 2.24. The standard InChI is InChI=1S/C20H41/c1-4-7-10-12-13-16-19-20(17-14-9-6-3)18-15-11-8-5-2/h20H,2,4-19H2,1,3H3. The van der Waals surface area contributed by atoms with Crippen molar-refractivity contribution in [3.63, 3.8) is 0 Å². The highest BCUT2D eigenvalue weighted by Gasteiger charge is 2.08. The predicted octanol–water partition coefficient (Wildman–Crippen LogP) is 7.72. The minimum atomic E-state index is 1.03. The van der Waals surface area contributed by atoms with Crippen LogP contribution in [0.4, 0.5) is 0 Å². The highest BCUT2D eigenvalue weighted by atomic mass is 14.1. The summed E-state index contributed by atoms with van der Waals surface area (Å²) in [5.41, 5.74) is 0. The fraction of sp³-hybridized carbons (Fsp3) is 0.950. The maximum atomic E-state index is 3.95. The average molecular weight is 282 g/mol. The molecule has 0 aliphatic heterocycles. The third-order valence-electron chi connectivity index (χ3n) is 4.54. The first kappa shape index (κ1) is 20.0. The molecule has 0 aromatic heterocycles. The third-order valence-corrected chi connectivity index (χ3v) is 4.54. The Bertz CT molecular complexity index is 161. The van der Waals surface area contributed by atoms with E-state index in [9.17, 15) is 0 Å². The number of unbranched alkanes of at least 4 members (excludes halogenated alkanes) is 10. The van der Waals surface area contributed by atoms with Crippen LogP contribution in [0.2, 0.25) is 0 Å². The van der Waals surface area contributed by atoms with Crippen LogP contribution in [0.15, 0.2) is 0 Å². The molecule has 0 aliphatic carbocycles. The van der Waals surface area contributed by atoms with E-state index in [1.165, 1.54) is 96.3 Å². The number of rotatable bonds is 16. The van der Waals surface area contributed by atoms with E-state index in [-0.39, 0.29) is 0 Å². The Kier molecular flexibility index (Phi) is 17.1. The van der Waals surface area contributed by atoms with Gasteiger partial charge in [0.15, 0.2) is 0 Å². The lowest BCUT2D eigenvalue weighted by molar-refractivity contribution is 0.369. The Morgan fingerprint density at radius 1 is 0.550 bits per heavy atom. The summed E-state index contributed by atoms with van der Waals surface area (Å²) in [6.07, 6.45) is 22.7. The molecule has 0 bridgehead atoms. The van der Waals surface area contributed by atoms with Gasteiger partial charge in [-0.25, -0.2) is 0 Å². The molecule has 0 aromatic carbocycles. The largest absolute Gasteiger partial charge is 0.0654 e. The lowest BCUT2D eigenvalue weighted by Crippen LogP contribution is -2.01. The summed E-state index contributed by atoms with van der Waals surface area (Å²) >= 11 is 0. The van der Waals surface area contributed by atoms with Crippen LogP contribution in [0.5, 0.6) is 0 Å². The first-order valence-corrected chi connectivity index (χ1v) is 9.64. The molecule has 0 aliphatic rings. The molecule has 0 aromatic rings. The van der Waals surface area contributed by atoms with E-state index < -0.39 is 0 Å². The molecular weight excluding hydrogens is 240 g/mol. The van der Waals surface area contributed by atoms with Gasteiger partial charge in [0.25, 0.3) is 0 Å². The molecule has 0 N–H and O–H groups in total. The zero-order chi connectivity index (χ0) is 14.9. The van der Waals surface area contributed by atoms with Crippen LogP contribution in [0.25, 0.3) is 0 Å². The number of hydrogen-bond donors (Lipinski definition) is 0. The fourth-order valence-electron chi connectivity index (χ4n) is 3.12. The van der Waals surface area contributed by atoms with Gasteiger partial charge in [-0.3, -0.25) is 0 Å². The van der Waals surface area contributed by atoms with Crippen LogP contribution in [-0.4, -0.2) is 0 Å². The second-order valence-electron chi connectivity index (χ2n) is 6.62. The van der Waals surface area contributed by atoms with Gasteiger partial charge in [-0.1, -0.05) is 124 Å². The lowest BCUT2D eigenvalue weighted by Gasteiger charge is -2.16. The molecule has 20 heavy (non-hydrogen) atoms. The SMILES string of the molecule is [CH2]CCCCCC(CCCCC)CCCCCCCC. The molecule has 0 amide bonds. The lowest BCUT2D eigenvalue weighted by atomic mass is 9.90. The van der Waals surface area contributed by atoms with Crippen molar-refractivity contribution in [2.45, 2.75) is 117 Å². The zero-order valence-corrected chi connectivity index (χ0v) is 14.6. The quantitative estimate of drug-likeness (QED) is 0.254. The van der Waals surface area contributed by atoms with E-state index >= 15 is 0 Å². The van der Waals surface area contributed by atoms with Crippen LogP contribution in [0, 0.1) is 12.8 Å². The van der Waals surface area contributed by atoms with Gasteiger partial charge in [0.2, 0.25) is 0 Å². The van der Waals surface area contributed by atoms with E-state index in [2.05, 4.69) is 20.8 Å². The Morgan fingerprint density at radius 3 is 1.50 bits per heavy atom. The topological polar surface area (TPSA) is 0 Å². The van der Waals surface area contributed by atoms with Gasteiger partial charge in [-0.2, -0.15) is 0 Å². The Morgan fingerprint density at radius 2 is 0.950 bits per heavy atom. The molecule has 0 saturated heterocycles. The summed E-state index contributed by atoms with van der Waals surface area (Å²) in [5, 5.41) is 0. The maximum Gasteiger partial charge on any atom is -0.0414 e. The highest BCUT2D eigenvalue weighted by molar-refractivity contribution is 4.61. The second-order valence-corrected chi connectivity index (χ2v) is 6.62. The van der Waals surface area contributed by atoms with Crippen molar-refractivity contribution < 1.29 is 0 Å². The minimum absolute atomic E-state index is 1.03. The van der Waals surface area contributed by atoms with Gasteiger partial charge >= 0.3 is 0 Å². The van der Waals surface area contributed by atoms with Crippen molar-refractivity contribution in [1.82, 2.24) is 0 Å². The molecule has 0 fully saturated rings. The van der Waals surface area contributed by atoms with E-state index in [0.29, 0.717) is 0 Å². The number of hydrogen-bond acceptors (Lipinski definition) is 0. The van der Waals surface area contributed by atoms with Crippen LogP contribution < -0.4 is 0 Å². The predicted molar refractivity (Wildman–Crippen MR) is 94.1 cm³/mol. The average Bonchev–Trinajstić information content (AvgIpc) is 2.46. The molecule has 1 radical (unpaired) electrons. The molecule has 0 spiro atoms. The summed E-state index contributed by atoms with van der Waals surface area (Å²) < 4.78 is 0. The summed E-state index contributed by atoms with van der Waals surface area (Å²) in [7, 11) is 0. The molecule has 0 heterocycles. The van der Waals surface area contributed by atoms with Crippen LogP contribution in [-0.2, 0) is 0 Å². The summed E-state index contributed by atoms with van der Waals surface area (Å²) in [4.78, 5) is 0. The Balaban J connectivity index is 3.62. The van der Waals surface area contributed by atoms with E-state index in [4.69, 9.17) is 0 Å². The monoisotopic (exact) mass is 281 g/mol. The molecule has 1 unspecified atom stereocenters. The third kappa shape index (κ3) is 14.4. The van der Waals surface area contributed by atoms with Gasteiger partial charge in [0.05, 0.1) is 0 Å². The molecule has 0 rings (SSSR count). The molecule has 0 heteroatoms. The molecular formula is C20H41. The van der Waals surface area contributed by atoms with Crippen molar-refractivity contribution in [1.29, 1.82) is 0 Å². The second kappa shape index (κ2) is 17.1. The first-order valence-electron chi connectivity index (χ1n) is 9.64. The molecule has 1 atom stereocenters. The van der Waals surface area contributed by atoms with E-state index in [1.807, 2.05) is 0 Å². The van der Waals surface area contributed by atoms with Gasteiger partial charge < -0.3 is 0 Å². The van der Waals surface area contributed by atoms with Crippen molar-refractivity contribution in [2.75, 3.05) is 0 Å². The van der Waals surface area contributed by atoms with Crippen molar-refractivity contribution in [3.8, 4) is 0 Å². The Labute approximate surface area is 130 Å². The molecule has 121 valence electrons. The maximum absolute atomic E-state index is 3.95. The first-order chi connectivity index (χ1) is 9.85. The van der Waals surface area contributed by atoms with Crippen molar-refractivity contribution >= 4 is 0 Å². The molecule has 0 saturated carbocycles. The fourth-order valence-corrected chi connectivity index (χ4v) is 3.12.